The van der Waals surface area contributed by atoms with Crippen LogP contribution in [0.1, 0.15) is 24.0 Å². The van der Waals surface area contributed by atoms with Gasteiger partial charge in [0.1, 0.15) is 0 Å². The van der Waals surface area contributed by atoms with E-state index < -0.39 is 0 Å². The first kappa shape index (κ1) is 11.6. The summed E-state index contributed by atoms with van der Waals surface area (Å²) in [7, 11) is 2.25. The highest BCUT2D eigenvalue weighted by atomic mass is 15.1. The van der Waals surface area contributed by atoms with Crippen molar-refractivity contribution in [3.63, 3.8) is 0 Å². The van der Waals surface area contributed by atoms with Gasteiger partial charge in [-0.2, -0.15) is 0 Å². The molecule has 2 heteroatoms. The number of nitrogens with one attached hydrogen (secondary N) is 1. The molecule has 1 fully saturated rings. The smallest absolute Gasteiger partial charge is 0.0236 e. The molecule has 0 saturated carbocycles. The quantitative estimate of drug-likeness (QED) is 0.836. The van der Waals surface area contributed by atoms with Crippen LogP contribution in [-0.4, -0.2) is 31.1 Å². The molecule has 1 saturated heterocycles. The molecule has 88 valence electrons. The maximum Gasteiger partial charge on any atom is 0.0236 e. The zero-order valence-electron chi connectivity index (χ0n) is 10.4. The van der Waals surface area contributed by atoms with Gasteiger partial charge in [-0.15, -0.1) is 0 Å². The molecule has 2 nitrogen and oxygen atoms in total. The molecule has 1 heterocycles. The Labute approximate surface area is 98.7 Å². The van der Waals surface area contributed by atoms with Crippen molar-refractivity contribution < 1.29 is 0 Å². The van der Waals surface area contributed by atoms with Crippen molar-refractivity contribution in [1.29, 1.82) is 0 Å². The van der Waals surface area contributed by atoms with Crippen LogP contribution < -0.4 is 5.32 Å². The van der Waals surface area contributed by atoms with Crippen LogP contribution in [0.5, 0.6) is 0 Å². The lowest BCUT2D eigenvalue weighted by molar-refractivity contribution is 0.191. The van der Waals surface area contributed by atoms with Gasteiger partial charge < -0.3 is 5.32 Å². The van der Waals surface area contributed by atoms with Crippen LogP contribution in [-0.2, 0) is 6.54 Å². The van der Waals surface area contributed by atoms with E-state index in [9.17, 15) is 0 Å². The molecule has 1 aliphatic heterocycles. The fourth-order valence-electron chi connectivity index (χ4n) is 2.43. The number of rotatable bonds is 3. The minimum absolute atomic E-state index is 0.751. The summed E-state index contributed by atoms with van der Waals surface area (Å²) in [5.74, 6) is 0. The van der Waals surface area contributed by atoms with Crippen LogP contribution in [0.15, 0.2) is 24.3 Å². The third-order valence-corrected chi connectivity index (χ3v) is 3.61. The van der Waals surface area contributed by atoms with Gasteiger partial charge in [-0.3, -0.25) is 4.90 Å². The summed E-state index contributed by atoms with van der Waals surface area (Å²) in [6.07, 6.45) is 2.56. The molecule has 1 aromatic carbocycles. The highest BCUT2D eigenvalue weighted by molar-refractivity contribution is 5.25. The van der Waals surface area contributed by atoms with E-state index in [4.69, 9.17) is 0 Å². The Morgan fingerprint density at radius 3 is 2.62 bits per heavy atom. The van der Waals surface area contributed by atoms with Crippen LogP contribution in [0.4, 0.5) is 0 Å². The predicted molar refractivity (Wildman–Crippen MR) is 68.5 cm³/mol. The van der Waals surface area contributed by atoms with E-state index >= 15 is 0 Å². The molecule has 16 heavy (non-hydrogen) atoms. The van der Waals surface area contributed by atoms with Crippen LogP contribution in [0, 0.1) is 6.92 Å². The van der Waals surface area contributed by atoms with E-state index in [1.165, 1.54) is 37.1 Å². The number of benzene rings is 1. The van der Waals surface area contributed by atoms with E-state index in [1.54, 1.807) is 0 Å². The topological polar surface area (TPSA) is 15.3 Å². The third-order valence-electron chi connectivity index (χ3n) is 3.61. The molecule has 0 amide bonds. The summed E-state index contributed by atoms with van der Waals surface area (Å²) in [5.41, 5.74) is 2.87. The molecule has 0 bridgehead atoms. The van der Waals surface area contributed by atoms with Crippen LogP contribution in [0.3, 0.4) is 0 Å². The summed E-state index contributed by atoms with van der Waals surface area (Å²) < 4.78 is 0. The minimum atomic E-state index is 0.751. The monoisotopic (exact) mass is 218 g/mol. The van der Waals surface area contributed by atoms with E-state index in [0.717, 1.165) is 12.6 Å². The third kappa shape index (κ3) is 2.83. The maximum atomic E-state index is 3.42. The second kappa shape index (κ2) is 5.46. The fraction of sp³-hybridized carbons (Fsp3) is 0.571. The largest absolute Gasteiger partial charge is 0.317 e. The van der Waals surface area contributed by atoms with Crippen molar-refractivity contribution >= 4 is 0 Å². The first-order chi connectivity index (χ1) is 7.77. The number of aryl methyl sites for hydroxylation is 1. The van der Waals surface area contributed by atoms with Crippen molar-refractivity contribution in [3.05, 3.63) is 35.4 Å². The van der Waals surface area contributed by atoms with Gasteiger partial charge in [0.2, 0.25) is 0 Å². The Balaban J connectivity index is 1.96. The molecule has 0 unspecified atom stereocenters. The number of hydrogen-bond acceptors (Lipinski definition) is 2. The zero-order valence-corrected chi connectivity index (χ0v) is 10.4. The van der Waals surface area contributed by atoms with Gasteiger partial charge in [0.25, 0.3) is 0 Å². The van der Waals surface area contributed by atoms with Gasteiger partial charge in [-0.25, -0.2) is 0 Å². The molecule has 1 aliphatic rings. The molecule has 1 aromatic rings. The lowest BCUT2D eigenvalue weighted by Crippen LogP contribution is -2.40. The summed E-state index contributed by atoms with van der Waals surface area (Å²) in [5, 5.41) is 3.42. The summed E-state index contributed by atoms with van der Waals surface area (Å²) in [4.78, 5) is 2.50. The molecule has 1 N–H and O–H groups in total. The molecule has 0 atom stereocenters. The van der Waals surface area contributed by atoms with Gasteiger partial charge >= 0.3 is 0 Å². The van der Waals surface area contributed by atoms with E-state index in [2.05, 4.69) is 48.5 Å². The van der Waals surface area contributed by atoms with Crippen LogP contribution in [0.2, 0.25) is 0 Å². The lowest BCUT2D eigenvalue weighted by atomic mass is 10.0. The summed E-state index contributed by atoms with van der Waals surface area (Å²) in [6.45, 7) is 5.62. The second-order valence-corrected chi connectivity index (χ2v) is 4.82. The van der Waals surface area contributed by atoms with Crippen molar-refractivity contribution in [2.75, 3.05) is 20.1 Å². The minimum Gasteiger partial charge on any atom is -0.317 e. The van der Waals surface area contributed by atoms with E-state index in [0.29, 0.717) is 0 Å². The van der Waals surface area contributed by atoms with Gasteiger partial charge in [0, 0.05) is 12.6 Å². The van der Waals surface area contributed by atoms with Crippen molar-refractivity contribution in [2.45, 2.75) is 32.4 Å². The number of nitrogens with zero attached hydrogens (tertiary/aromatic N) is 1. The normalized spacial score (nSPS) is 17.9. The van der Waals surface area contributed by atoms with Crippen molar-refractivity contribution in [1.82, 2.24) is 10.2 Å². The number of piperidine rings is 1. The van der Waals surface area contributed by atoms with Crippen LogP contribution >= 0.6 is 0 Å². The zero-order chi connectivity index (χ0) is 11.4. The Bertz CT molecular complexity index is 329. The highest BCUT2D eigenvalue weighted by Gasteiger charge is 2.17. The average Bonchev–Trinajstić information content (AvgIpc) is 2.33. The highest BCUT2D eigenvalue weighted by Crippen LogP contribution is 2.15. The molecular formula is C14H22N2. The average molecular weight is 218 g/mol. The van der Waals surface area contributed by atoms with Gasteiger partial charge in [-0.05, 0) is 51.0 Å². The first-order valence-corrected chi connectivity index (χ1v) is 6.23. The Kier molecular flexibility index (Phi) is 3.97. The maximum absolute atomic E-state index is 3.42. The van der Waals surface area contributed by atoms with Crippen LogP contribution in [0.25, 0.3) is 0 Å². The van der Waals surface area contributed by atoms with E-state index in [-0.39, 0.29) is 0 Å². The van der Waals surface area contributed by atoms with Gasteiger partial charge in [-0.1, -0.05) is 24.3 Å². The second-order valence-electron chi connectivity index (χ2n) is 4.82. The van der Waals surface area contributed by atoms with Gasteiger partial charge in [0.15, 0.2) is 0 Å². The summed E-state index contributed by atoms with van der Waals surface area (Å²) >= 11 is 0. The Morgan fingerprint density at radius 1 is 1.25 bits per heavy atom. The van der Waals surface area contributed by atoms with Gasteiger partial charge in [0.05, 0.1) is 0 Å². The number of hydrogen-bond donors (Lipinski definition) is 1. The Hall–Kier alpha value is -0.860. The van der Waals surface area contributed by atoms with E-state index in [1.807, 2.05) is 0 Å². The SMILES string of the molecule is Cc1ccccc1CN(C)C1CCNCC1. The standard InChI is InChI=1S/C14H22N2/c1-12-5-3-4-6-13(12)11-16(2)14-7-9-15-10-8-14/h3-6,14-15H,7-11H2,1-2H3. The molecule has 0 aromatic heterocycles. The molecular weight excluding hydrogens is 196 g/mol. The summed E-state index contributed by atoms with van der Waals surface area (Å²) in [6, 6.07) is 9.45. The van der Waals surface area contributed by atoms with Crippen molar-refractivity contribution in [3.8, 4) is 0 Å². The molecule has 2 rings (SSSR count). The Morgan fingerprint density at radius 2 is 1.94 bits per heavy atom. The lowest BCUT2D eigenvalue weighted by Gasteiger charge is -2.32. The first-order valence-electron chi connectivity index (χ1n) is 6.23. The molecule has 0 spiro atoms. The van der Waals surface area contributed by atoms with Crippen molar-refractivity contribution in [2.24, 2.45) is 0 Å². The fourth-order valence-corrected chi connectivity index (χ4v) is 2.43. The molecule has 0 aliphatic carbocycles. The predicted octanol–water partition coefficient (Wildman–Crippen LogP) is 2.18. The molecule has 0 radical (unpaired) electrons.